The van der Waals surface area contributed by atoms with Crippen LogP contribution in [0.15, 0.2) is 53.4 Å². The third-order valence-corrected chi connectivity index (χ3v) is 6.33. The highest BCUT2D eigenvalue weighted by molar-refractivity contribution is 7.87. The molecule has 180 valence electrons. The first-order valence-electron chi connectivity index (χ1n) is 11.0. The lowest BCUT2D eigenvalue weighted by Crippen LogP contribution is -2.39. The minimum Gasteiger partial charge on any atom is -0.379 e. The number of benzene rings is 2. The van der Waals surface area contributed by atoms with Gasteiger partial charge in [-0.25, -0.2) is 0 Å². The second-order valence-corrected chi connectivity index (χ2v) is 10.9. The molecule has 0 bridgehead atoms. The molecule has 1 N–H and O–H groups in total. The largest absolute Gasteiger partial charge is 0.379 e. The maximum Gasteiger partial charge on any atom is 0.339 e. The van der Waals surface area contributed by atoms with Crippen LogP contribution in [0.2, 0.25) is 0 Å². The predicted octanol–water partition coefficient (Wildman–Crippen LogP) is 4.98. The summed E-state index contributed by atoms with van der Waals surface area (Å²) in [5, 5.41) is 2.58. The van der Waals surface area contributed by atoms with Crippen molar-refractivity contribution >= 4 is 27.6 Å². The lowest BCUT2D eigenvalue weighted by Gasteiger charge is -2.31. The average Bonchev–Trinajstić information content (AvgIpc) is 2.71. The maximum absolute atomic E-state index is 12.9. The summed E-state index contributed by atoms with van der Waals surface area (Å²) >= 11 is 0. The van der Waals surface area contributed by atoms with E-state index in [0.29, 0.717) is 18.7 Å². The van der Waals surface area contributed by atoms with Crippen molar-refractivity contribution < 1.29 is 22.2 Å². The molecule has 1 atom stereocenters. The van der Waals surface area contributed by atoms with Crippen LogP contribution in [-0.2, 0) is 26.3 Å². The number of hydrogen-bond donors (Lipinski definition) is 1. The third-order valence-electron chi connectivity index (χ3n) is 5.07. The highest BCUT2D eigenvalue weighted by Gasteiger charge is 2.24. The minimum absolute atomic E-state index is 0.0172. The van der Waals surface area contributed by atoms with Gasteiger partial charge in [-0.3, -0.25) is 9.59 Å². The standard InChI is InChI=1S/C25H34N2O5S/c1-7-18(2)27(24(29)16-25(4,5)6)17-20-8-12-22(13-9-20)32-33(30,31)23-14-10-21(11-15-23)26-19(3)28/h8-15,18H,7,16-17H2,1-6H3,(H,26,28). The fourth-order valence-electron chi connectivity index (χ4n) is 3.20. The van der Waals surface area contributed by atoms with Crippen LogP contribution in [0.1, 0.15) is 59.9 Å². The Kier molecular flexibility index (Phi) is 8.66. The van der Waals surface area contributed by atoms with Crippen molar-refractivity contribution in [3.63, 3.8) is 0 Å². The van der Waals surface area contributed by atoms with Crippen LogP contribution >= 0.6 is 0 Å². The number of anilines is 1. The normalized spacial score (nSPS) is 12.7. The van der Waals surface area contributed by atoms with Crippen LogP contribution in [0.5, 0.6) is 5.75 Å². The van der Waals surface area contributed by atoms with Gasteiger partial charge in [-0.15, -0.1) is 0 Å². The fourth-order valence-corrected chi connectivity index (χ4v) is 4.13. The van der Waals surface area contributed by atoms with Crippen LogP contribution < -0.4 is 9.50 Å². The maximum atomic E-state index is 12.9. The molecule has 2 amide bonds. The van der Waals surface area contributed by atoms with Crippen molar-refractivity contribution in [1.29, 1.82) is 0 Å². The molecule has 2 aromatic carbocycles. The van der Waals surface area contributed by atoms with Crippen LogP contribution in [0.25, 0.3) is 0 Å². The van der Waals surface area contributed by atoms with Gasteiger partial charge in [0, 0.05) is 31.6 Å². The molecule has 0 fully saturated rings. The third kappa shape index (κ3) is 8.20. The molecule has 33 heavy (non-hydrogen) atoms. The number of nitrogens with one attached hydrogen (secondary N) is 1. The van der Waals surface area contributed by atoms with E-state index in [1.165, 1.54) is 31.2 Å². The summed E-state index contributed by atoms with van der Waals surface area (Å²) in [6.45, 7) is 12.0. The van der Waals surface area contributed by atoms with Gasteiger partial charge in [-0.1, -0.05) is 39.8 Å². The van der Waals surface area contributed by atoms with Crippen LogP contribution in [0.4, 0.5) is 5.69 Å². The van der Waals surface area contributed by atoms with Crippen molar-refractivity contribution in [3.05, 3.63) is 54.1 Å². The molecule has 8 heteroatoms. The van der Waals surface area contributed by atoms with Gasteiger partial charge < -0.3 is 14.4 Å². The summed E-state index contributed by atoms with van der Waals surface area (Å²) in [5.41, 5.74) is 1.29. The molecule has 2 rings (SSSR count). The SMILES string of the molecule is CCC(C)N(Cc1ccc(OS(=O)(=O)c2ccc(NC(C)=O)cc2)cc1)C(=O)CC(C)(C)C. The Labute approximate surface area is 197 Å². The average molecular weight is 475 g/mol. The van der Waals surface area contributed by atoms with Gasteiger partial charge in [-0.2, -0.15) is 8.42 Å². The Bertz CT molecular complexity index is 1060. The van der Waals surface area contributed by atoms with Gasteiger partial charge in [0.2, 0.25) is 11.8 Å². The molecule has 0 aliphatic rings. The summed E-state index contributed by atoms with van der Waals surface area (Å²) in [6, 6.07) is 12.5. The highest BCUT2D eigenvalue weighted by Crippen LogP contribution is 2.24. The van der Waals surface area contributed by atoms with E-state index in [-0.39, 0.29) is 33.9 Å². The van der Waals surface area contributed by atoms with Crippen molar-refractivity contribution in [2.75, 3.05) is 5.32 Å². The molecule has 0 heterocycles. The second kappa shape index (κ2) is 10.8. The topological polar surface area (TPSA) is 92.8 Å². The molecular formula is C25H34N2O5S. The first-order chi connectivity index (χ1) is 15.3. The molecule has 7 nitrogen and oxygen atoms in total. The number of carbonyl (C=O) groups excluding carboxylic acids is 2. The summed E-state index contributed by atoms with van der Waals surface area (Å²) in [6.07, 6.45) is 1.30. The zero-order valence-electron chi connectivity index (χ0n) is 20.2. The molecule has 0 aliphatic carbocycles. The lowest BCUT2D eigenvalue weighted by atomic mass is 9.91. The molecular weight excluding hydrogens is 440 g/mol. The minimum atomic E-state index is -4.02. The van der Waals surface area contributed by atoms with E-state index in [9.17, 15) is 18.0 Å². The Hall–Kier alpha value is -2.87. The second-order valence-electron chi connectivity index (χ2n) is 9.40. The quantitative estimate of drug-likeness (QED) is 0.518. The lowest BCUT2D eigenvalue weighted by molar-refractivity contribution is -0.136. The van der Waals surface area contributed by atoms with Crippen molar-refractivity contribution in [2.24, 2.45) is 5.41 Å². The molecule has 1 unspecified atom stereocenters. The molecule has 0 aliphatic heterocycles. The first-order valence-corrected chi connectivity index (χ1v) is 12.4. The van der Waals surface area contributed by atoms with E-state index in [2.05, 4.69) is 5.32 Å². The van der Waals surface area contributed by atoms with Gasteiger partial charge in [0.25, 0.3) is 0 Å². The molecule has 2 aromatic rings. The first kappa shape index (κ1) is 26.4. The number of amides is 2. The molecule has 0 saturated carbocycles. The van der Waals surface area contributed by atoms with Gasteiger partial charge in [0.1, 0.15) is 10.6 Å². The number of rotatable bonds is 9. The van der Waals surface area contributed by atoms with E-state index in [1.807, 2.05) is 39.5 Å². The Balaban J connectivity index is 2.11. The molecule has 0 saturated heterocycles. The van der Waals surface area contributed by atoms with E-state index in [4.69, 9.17) is 4.18 Å². The molecule has 0 aromatic heterocycles. The van der Waals surface area contributed by atoms with Crippen molar-refractivity contribution in [3.8, 4) is 5.75 Å². The summed E-state index contributed by atoms with van der Waals surface area (Å²) in [4.78, 5) is 25.8. The van der Waals surface area contributed by atoms with E-state index in [1.54, 1.807) is 24.3 Å². The Morgan fingerprint density at radius 3 is 2.09 bits per heavy atom. The highest BCUT2D eigenvalue weighted by atomic mass is 32.2. The number of carbonyl (C=O) groups is 2. The van der Waals surface area contributed by atoms with E-state index in [0.717, 1.165) is 12.0 Å². The van der Waals surface area contributed by atoms with Gasteiger partial charge in [0.15, 0.2) is 0 Å². The van der Waals surface area contributed by atoms with Gasteiger partial charge in [-0.05, 0) is 60.7 Å². The van der Waals surface area contributed by atoms with E-state index >= 15 is 0 Å². The fraction of sp³-hybridized carbons (Fsp3) is 0.440. The summed E-state index contributed by atoms with van der Waals surface area (Å²) in [5.74, 6) is 0.0391. The van der Waals surface area contributed by atoms with Gasteiger partial charge in [0.05, 0.1) is 0 Å². The summed E-state index contributed by atoms with van der Waals surface area (Å²) < 4.78 is 30.4. The van der Waals surface area contributed by atoms with Crippen molar-refractivity contribution in [2.45, 2.75) is 71.9 Å². The molecule has 0 spiro atoms. The van der Waals surface area contributed by atoms with Gasteiger partial charge >= 0.3 is 10.1 Å². The zero-order valence-corrected chi connectivity index (χ0v) is 21.0. The number of hydrogen-bond acceptors (Lipinski definition) is 5. The zero-order chi connectivity index (χ0) is 24.8. The smallest absolute Gasteiger partial charge is 0.339 e. The Morgan fingerprint density at radius 2 is 1.61 bits per heavy atom. The van der Waals surface area contributed by atoms with E-state index < -0.39 is 10.1 Å². The van der Waals surface area contributed by atoms with Crippen LogP contribution in [-0.4, -0.2) is 31.2 Å². The van der Waals surface area contributed by atoms with Crippen LogP contribution in [0, 0.1) is 5.41 Å². The van der Waals surface area contributed by atoms with Crippen molar-refractivity contribution in [1.82, 2.24) is 4.90 Å². The monoisotopic (exact) mass is 474 g/mol. The number of nitrogens with zero attached hydrogens (tertiary/aromatic N) is 1. The Morgan fingerprint density at radius 1 is 1.03 bits per heavy atom. The molecule has 0 radical (unpaired) electrons. The van der Waals surface area contributed by atoms with Crippen LogP contribution in [0.3, 0.4) is 0 Å². The predicted molar refractivity (Wildman–Crippen MR) is 129 cm³/mol. The summed E-state index contributed by atoms with van der Waals surface area (Å²) in [7, 11) is -4.02.